The Morgan fingerprint density at radius 1 is 1.11 bits per heavy atom. The summed E-state index contributed by atoms with van der Waals surface area (Å²) in [7, 11) is 0. The normalized spacial score (nSPS) is 10.4. The predicted octanol–water partition coefficient (Wildman–Crippen LogP) is 5.68. The highest BCUT2D eigenvalue weighted by molar-refractivity contribution is 9.10. The highest BCUT2D eigenvalue weighted by atomic mass is 79.9. The number of hydrogen-bond acceptors (Lipinski definition) is 1. The fourth-order valence-electron chi connectivity index (χ4n) is 1.73. The van der Waals surface area contributed by atoms with Crippen LogP contribution < -0.4 is 5.32 Å². The topological polar surface area (TPSA) is 12.0 Å². The Labute approximate surface area is 125 Å². The first-order chi connectivity index (χ1) is 8.56. The van der Waals surface area contributed by atoms with Crippen molar-refractivity contribution < 1.29 is 0 Å². The molecule has 0 bridgehead atoms. The molecule has 2 rings (SSSR count). The molecule has 0 spiro atoms. The number of nitrogens with one attached hydrogen (secondary N) is 1. The fraction of sp³-hybridized carbons (Fsp3) is 0.143. The third-order valence-electron chi connectivity index (χ3n) is 2.57. The molecule has 0 aliphatic carbocycles. The van der Waals surface area contributed by atoms with E-state index in [0.29, 0.717) is 16.6 Å². The minimum Gasteiger partial charge on any atom is -0.381 e. The Hall–Kier alpha value is -0.700. The number of anilines is 1. The molecule has 2 aromatic rings. The van der Waals surface area contributed by atoms with Crippen molar-refractivity contribution >= 4 is 44.8 Å². The van der Waals surface area contributed by atoms with Gasteiger partial charge in [0, 0.05) is 32.3 Å². The average molecular weight is 345 g/mol. The van der Waals surface area contributed by atoms with Crippen LogP contribution in [-0.4, -0.2) is 0 Å². The Kier molecular flexibility index (Phi) is 4.55. The molecule has 2 aromatic carbocycles. The number of aryl methyl sites for hydroxylation is 1. The summed E-state index contributed by atoms with van der Waals surface area (Å²) in [4.78, 5) is 0. The van der Waals surface area contributed by atoms with Gasteiger partial charge in [-0.05, 0) is 42.8 Å². The third kappa shape index (κ3) is 3.41. The van der Waals surface area contributed by atoms with Crippen LogP contribution in [0.3, 0.4) is 0 Å². The molecule has 4 heteroatoms. The summed E-state index contributed by atoms with van der Waals surface area (Å²) >= 11 is 15.7. The maximum atomic E-state index is 6.12. The molecule has 0 atom stereocenters. The van der Waals surface area contributed by atoms with Crippen LogP contribution in [0.15, 0.2) is 40.9 Å². The number of rotatable bonds is 3. The molecule has 0 aliphatic heterocycles. The second-order valence-electron chi connectivity index (χ2n) is 4.07. The molecular formula is C14H12BrCl2N. The van der Waals surface area contributed by atoms with E-state index in [1.165, 1.54) is 5.56 Å². The standard InChI is InChI=1S/C14H12BrCl2N/c1-9-5-10(15)7-11(6-9)18-8-12-13(16)3-2-4-14(12)17/h2-7,18H,8H2,1H3. The lowest BCUT2D eigenvalue weighted by atomic mass is 10.2. The average Bonchev–Trinajstić information content (AvgIpc) is 2.27. The van der Waals surface area contributed by atoms with Crippen LogP contribution in [0.1, 0.15) is 11.1 Å². The second-order valence-corrected chi connectivity index (χ2v) is 5.80. The van der Waals surface area contributed by atoms with Gasteiger partial charge in [-0.3, -0.25) is 0 Å². The third-order valence-corrected chi connectivity index (χ3v) is 3.74. The van der Waals surface area contributed by atoms with E-state index in [-0.39, 0.29) is 0 Å². The van der Waals surface area contributed by atoms with Gasteiger partial charge in [0.1, 0.15) is 0 Å². The van der Waals surface area contributed by atoms with E-state index < -0.39 is 0 Å². The van der Waals surface area contributed by atoms with Gasteiger partial charge in [0.15, 0.2) is 0 Å². The van der Waals surface area contributed by atoms with E-state index in [0.717, 1.165) is 15.7 Å². The van der Waals surface area contributed by atoms with Crippen molar-refractivity contribution in [3.63, 3.8) is 0 Å². The van der Waals surface area contributed by atoms with Gasteiger partial charge >= 0.3 is 0 Å². The maximum absolute atomic E-state index is 6.12. The summed E-state index contributed by atoms with van der Waals surface area (Å²) in [6.45, 7) is 2.66. The van der Waals surface area contributed by atoms with Gasteiger partial charge in [0.2, 0.25) is 0 Å². The number of hydrogen-bond donors (Lipinski definition) is 1. The molecule has 18 heavy (non-hydrogen) atoms. The SMILES string of the molecule is Cc1cc(Br)cc(NCc2c(Cl)cccc2Cl)c1. The zero-order valence-electron chi connectivity index (χ0n) is 9.81. The van der Waals surface area contributed by atoms with Crippen LogP contribution in [0.25, 0.3) is 0 Å². The van der Waals surface area contributed by atoms with Crippen LogP contribution in [-0.2, 0) is 6.54 Å². The first-order valence-electron chi connectivity index (χ1n) is 5.50. The van der Waals surface area contributed by atoms with Crippen LogP contribution in [0.2, 0.25) is 10.0 Å². The lowest BCUT2D eigenvalue weighted by Crippen LogP contribution is -2.01. The smallest absolute Gasteiger partial charge is 0.0470 e. The molecule has 0 saturated carbocycles. The fourth-order valence-corrected chi connectivity index (χ4v) is 2.87. The second kappa shape index (κ2) is 5.96. The Morgan fingerprint density at radius 2 is 1.78 bits per heavy atom. The molecule has 0 heterocycles. The van der Waals surface area contributed by atoms with E-state index >= 15 is 0 Å². The van der Waals surface area contributed by atoms with E-state index in [4.69, 9.17) is 23.2 Å². The van der Waals surface area contributed by atoms with E-state index in [2.05, 4.69) is 40.3 Å². The molecule has 0 fully saturated rings. The molecule has 0 radical (unpaired) electrons. The molecule has 0 amide bonds. The first-order valence-corrected chi connectivity index (χ1v) is 7.05. The molecule has 94 valence electrons. The number of benzene rings is 2. The van der Waals surface area contributed by atoms with E-state index in [1.807, 2.05) is 24.3 Å². The van der Waals surface area contributed by atoms with Gasteiger partial charge in [-0.2, -0.15) is 0 Å². The number of halogens is 3. The van der Waals surface area contributed by atoms with Crippen LogP contribution in [0, 0.1) is 6.92 Å². The highest BCUT2D eigenvalue weighted by Crippen LogP contribution is 2.26. The maximum Gasteiger partial charge on any atom is 0.0470 e. The zero-order chi connectivity index (χ0) is 13.1. The Balaban J connectivity index is 2.16. The zero-order valence-corrected chi connectivity index (χ0v) is 12.9. The molecule has 0 unspecified atom stereocenters. The van der Waals surface area contributed by atoms with Gasteiger partial charge < -0.3 is 5.32 Å². The molecular weight excluding hydrogens is 333 g/mol. The molecule has 0 saturated heterocycles. The Morgan fingerprint density at radius 3 is 2.39 bits per heavy atom. The van der Waals surface area contributed by atoms with Crippen molar-refractivity contribution in [2.45, 2.75) is 13.5 Å². The molecule has 1 N–H and O–H groups in total. The van der Waals surface area contributed by atoms with Gasteiger partial charge in [0.05, 0.1) is 0 Å². The summed E-state index contributed by atoms with van der Waals surface area (Å²) in [5, 5.41) is 4.69. The summed E-state index contributed by atoms with van der Waals surface area (Å²) in [5.41, 5.74) is 3.15. The van der Waals surface area contributed by atoms with Crippen molar-refractivity contribution in [3.05, 3.63) is 62.0 Å². The predicted molar refractivity (Wildman–Crippen MR) is 82.7 cm³/mol. The molecule has 0 aromatic heterocycles. The summed E-state index contributed by atoms with van der Waals surface area (Å²) in [5.74, 6) is 0. The lowest BCUT2D eigenvalue weighted by molar-refractivity contribution is 1.15. The highest BCUT2D eigenvalue weighted by Gasteiger charge is 2.05. The molecule has 1 nitrogen and oxygen atoms in total. The van der Waals surface area contributed by atoms with Gasteiger partial charge in [-0.15, -0.1) is 0 Å². The minimum absolute atomic E-state index is 0.606. The quantitative estimate of drug-likeness (QED) is 0.755. The summed E-state index contributed by atoms with van der Waals surface area (Å²) < 4.78 is 1.05. The van der Waals surface area contributed by atoms with E-state index in [1.54, 1.807) is 0 Å². The van der Waals surface area contributed by atoms with Gasteiger partial charge in [-0.25, -0.2) is 0 Å². The van der Waals surface area contributed by atoms with Gasteiger partial charge in [-0.1, -0.05) is 45.2 Å². The van der Waals surface area contributed by atoms with Crippen molar-refractivity contribution in [2.75, 3.05) is 5.32 Å². The summed E-state index contributed by atoms with van der Waals surface area (Å²) in [6, 6.07) is 11.7. The van der Waals surface area contributed by atoms with Crippen molar-refractivity contribution in [1.29, 1.82) is 0 Å². The molecule has 0 aliphatic rings. The van der Waals surface area contributed by atoms with Crippen molar-refractivity contribution in [1.82, 2.24) is 0 Å². The lowest BCUT2D eigenvalue weighted by Gasteiger charge is -2.11. The Bertz CT molecular complexity index is 529. The van der Waals surface area contributed by atoms with Crippen LogP contribution in [0.5, 0.6) is 0 Å². The van der Waals surface area contributed by atoms with Crippen molar-refractivity contribution in [2.24, 2.45) is 0 Å². The summed E-state index contributed by atoms with van der Waals surface area (Å²) in [6.07, 6.45) is 0. The first kappa shape index (κ1) is 13.7. The van der Waals surface area contributed by atoms with Crippen molar-refractivity contribution in [3.8, 4) is 0 Å². The van der Waals surface area contributed by atoms with Gasteiger partial charge in [0.25, 0.3) is 0 Å². The minimum atomic E-state index is 0.606. The van der Waals surface area contributed by atoms with Crippen LogP contribution in [0.4, 0.5) is 5.69 Å². The van der Waals surface area contributed by atoms with Crippen LogP contribution >= 0.6 is 39.1 Å². The van der Waals surface area contributed by atoms with E-state index in [9.17, 15) is 0 Å². The largest absolute Gasteiger partial charge is 0.381 e. The monoisotopic (exact) mass is 343 g/mol.